The van der Waals surface area contributed by atoms with Crippen LogP contribution in [0.5, 0.6) is 5.75 Å². The standard InChI is InChI=1S/C24H29N3O9S2/c1-4-34-23(29)20-18(25-24(30)26-21(20)19-6-5-12-35-19)14-36-22(28)17(11-13-37-3)27-38(31,32)16-9-7-15(33-2)8-10-16/h5-10,12,17,21,27H,4,11,13-14H2,1-3H3,(H2,25,26,30)/t17-,21-/m0/s1. The number of urea groups is 1. The van der Waals surface area contributed by atoms with E-state index in [9.17, 15) is 22.8 Å². The van der Waals surface area contributed by atoms with Crippen molar-refractivity contribution in [2.24, 2.45) is 0 Å². The number of benzene rings is 1. The molecule has 0 spiro atoms. The van der Waals surface area contributed by atoms with Crippen LogP contribution >= 0.6 is 11.8 Å². The molecule has 0 radical (unpaired) electrons. The van der Waals surface area contributed by atoms with Crippen LogP contribution in [0.1, 0.15) is 25.1 Å². The maximum atomic E-state index is 13.0. The summed E-state index contributed by atoms with van der Waals surface area (Å²) in [7, 11) is -2.62. The molecule has 2 heterocycles. The van der Waals surface area contributed by atoms with Gasteiger partial charge in [0.25, 0.3) is 0 Å². The fraction of sp³-hybridized carbons (Fsp3) is 0.375. The molecular weight excluding hydrogens is 538 g/mol. The van der Waals surface area contributed by atoms with E-state index in [1.165, 1.54) is 49.4 Å². The number of rotatable bonds is 13. The van der Waals surface area contributed by atoms with E-state index < -0.39 is 46.7 Å². The molecule has 1 aliphatic heterocycles. The Morgan fingerprint density at radius 3 is 2.53 bits per heavy atom. The summed E-state index contributed by atoms with van der Waals surface area (Å²) in [6.45, 7) is 1.18. The summed E-state index contributed by atoms with van der Waals surface area (Å²) in [5.41, 5.74) is -0.0164. The molecule has 0 bridgehead atoms. The lowest BCUT2D eigenvalue weighted by molar-refractivity contribution is -0.145. The Morgan fingerprint density at radius 1 is 1.18 bits per heavy atom. The first-order valence-corrected chi connectivity index (χ1v) is 14.4. The molecule has 2 aromatic rings. The summed E-state index contributed by atoms with van der Waals surface area (Å²) >= 11 is 1.42. The molecular formula is C24H29N3O9S2. The first-order chi connectivity index (χ1) is 18.2. The van der Waals surface area contributed by atoms with Crippen molar-refractivity contribution in [1.29, 1.82) is 0 Å². The van der Waals surface area contributed by atoms with E-state index in [1.54, 1.807) is 19.1 Å². The van der Waals surface area contributed by atoms with Crippen LogP contribution in [-0.2, 0) is 29.1 Å². The molecule has 1 aromatic heterocycles. The molecule has 3 N–H and O–H groups in total. The molecule has 2 atom stereocenters. The van der Waals surface area contributed by atoms with E-state index in [1.807, 2.05) is 6.26 Å². The van der Waals surface area contributed by atoms with Crippen LogP contribution in [0.4, 0.5) is 4.79 Å². The lowest BCUT2D eigenvalue weighted by Crippen LogP contribution is -2.47. The van der Waals surface area contributed by atoms with Crippen LogP contribution < -0.4 is 20.1 Å². The van der Waals surface area contributed by atoms with Crippen molar-refractivity contribution in [1.82, 2.24) is 15.4 Å². The van der Waals surface area contributed by atoms with Crippen molar-refractivity contribution in [3.63, 3.8) is 0 Å². The average molecular weight is 568 g/mol. The minimum Gasteiger partial charge on any atom is -0.497 e. The molecule has 3 rings (SSSR count). The van der Waals surface area contributed by atoms with E-state index in [4.69, 9.17) is 18.6 Å². The predicted molar refractivity (Wildman–Crippen MR) is 138 cm³/mol. The number of methoxy groups -OCH3 is 1. The fourth-order valence-electron chi connectivity index (χ4n) is 3.57. The van der Waals surface area contributed by atoms with Gasteiger partial charge in [0.1, 0.15) is 30.2 Å². The van der Waals surface area contributed by atoms with Crippen LogP contribution in [0.15, 0.2) is 63.2 Å². The summed E-state index contributed by atoms with van der Waals surface area (Å²) in [4.78, 5) is 38.1. The van der Waals surface area contributed by atoms with Crippen LogP contribution in [-0.4, -0.2) is 64.8 Å². The molecule has 12 nitrogen and oxygen atoms in total. The Hall–Kier alpha value is -3.49. The number of carbonyl (C=O) groups is 3. The summed E-state index contributed by atoms with van der Waals surface area (Å²) in [5.74, 6) is -0.412. The maximum absolute atomic E-state index is 13.0. The number of thioether (sulfide) groups is 1. The number of furan rings is 1. The lowest BCUT2D eigenvalue weighted by Gasteiger charge is -2.28. The Morgan fingerprint density at radius 2 is 1.92 bits per heavy atom. The zero-order chi connectivity index (χ0) is 27.7. The number of nitrogens with one attached hydrogen (secondary N) is 3. The van der Waals surface area contributed by atoms with Gasteiger partial charge < -0.3 is 29.3 Å². The zero-order valence-electron chi connectivity index (χ0n) is 21.0. The van der Waals surface area contributed by atoms with E-state index in [0.29, 0.717) is 11.5 Å². The van der Waals surface area contributed by atoms with Crippen LogP contribution in [0.3, 0.4) is 0 Å². The SMILES string of the molecule is CCOC(=O)C1=C(COC(=O)[C@H](CCSC)NS(=O)(=O)c2ccc(OC)cc2)NC(=O)N[C@H]1c1ccco1. The number of esters is 2. The second-order valence-corrected chi connectivity index (χ2v) is 10.6. The number of hydrogen-bond donors (Lipinski definition) is 3. The second-order valence-electron chi connectivity index (χ2n) is 7.90. The van der Waals surface area contributed by atoms with Gasteiger partial charge in [-0.2, -0.15) is 16.5 Å². The highest BCUT2D eigenvalue weighted by atomic mass is 32.2. The third-order valence-corrected chi connectivity index (χ3v) is 7.53. The van der Waals surface area contributed by atoms with Crippen molar-refractivity contribution >= 4 is 39.8 Å². The highest BCUT2D eigenvalue weighted by Crippen LogP contribution is 2.28. The van der Waals surface area contributed by atoms with Crippen LogP contribution in [0, 0.1) is 0 Å². The van der Waals surface area contributed by atoms with Crippen LogP contribution in [0.2, 0.25) is 0 Å². The van der Waals surface area contributed by atoms with Crippen molar-refractivity contribution in [3.8, 4) is 5.75 Å². The van der Waals surface area contributed by atoms with Gasteiger partial charge in [0.05, 0.1) is 36.1 Å². The van der Waals surface area contributed by atoms with Gasteiger partial charge in [-0.25, -0.2) is 18.0 Å². The summed E-state index contributed by atoms with van der Waals surface area (Å²) in [6, 6.07) is 6.01. The van der Waals surface area contributed by atoms with Gasteiger partial charge in [-0.3, -0.25) is 4.79 Å². The molecule has 38 heavy (non-hydrogen) atoms. The number of ether oxygens (including phenoxy) is 3. The Labute approximate surface area is 224 Å². The summed E-state index contributed by atoms with van der Waals surface area (Å²) in [6.07, 6.45) is 3.34. The molecule has 14 heteroatoms. The molecule has 1 aliphatic rings. The first kappa shape index (κ1) is 29.1. The van der Waals surface area contributed by atoms with Gasteiger partial charge in [0.15, 0.2) is 0 Å². The number of carbonyl (C=O) groups excluding carboxylic acids is 3. The van der Waals surface area contributed by atoms with Crippen molar-refractivity contribution in [3.05, 3.63) is 59.7 Å². The maximum Gasteiger partial charge on any atom is 0.338 e. The number of amides is 2. The molecule has 0 aliphatic carbocycles. The molecule has 2 amide bonds. The molecule has 0 saturated carbocycles. The molecule has 0 saturated heterocycles. The average Bonchev–Trinajstić information content (AvgIpc) is 3.44. The lowest BCUT2D eigenvalue weighted by atomic mass is 10.0. The molecule has 206 valence electrons. The third-order valence-electron chi connectivity index (χ3n) is 5.40. The highest BCUT2D eigenvalue weighted by molar-refractivity contribution is 7.98. The van der Waals surface area contributed by atoms with Crippen molar-refractivity contribution in [2.75, 3.05) is 32.3 Å². The second kappa shape index (κ2) is 13.3. The highest BCUT2D eigenvalue weighted by Gasteiger charge is 2.36. The minimum absolute atomic E-state index is 0.00585. The first-order valence-electron chi connectivity index (χ1n) is 11.5. The molecule has 0 fully saturated rings. The van der Waals surface area contributed by atoms with Gasteiger partial charge in [-0.1, -0.05) is 0 Å². The normalized spacial score (nSPS) is 16.3. The van der Waals surface area contributed by atoms with Crippen molar-refractivity contribution in [2.45, 2.75) is 30.3 Å². The monoisotopic (exact) mass is 567 g/mol. The van der Waals surface area contributed by atoms with Gasteiger partial charge in [0, 0.05) is 0 Å². The van der Waals surface area contributed by atoms with E-state index >= 15 is 0 Å². The predicted octanol–water partition coefficient (Wildman–Crippen LogP) is 2.10. The summed E-state index contributed by atoms with van der Waals surface area (Å²) in [5, 5.41) is 5.06. The quantitative estimate of drug-likeness (QED) is 0.306. The fourth-order valence-corrected chi connectivity index (χ4v) is 5.26. The van der Waals surface area contributed by atoms with Crippen LogP contribution in [0.25, 0.3) is 0 Å². The topological polar surface area (TPSA) is 162 Å². The summed E-state index contributed by atoms with van der Waals surface area (Å²) < 4.78 is 49.2. The zero-order valence-corrected chi connectivity index (χ0v) is 22.6. The largest absolute Gasteiger partial charge is 0.497 e. The van der Waals surface area contributed by atoms with Gasteiger partial charge in [-0.05, 0) is 61.8 Å². The Bertz CT molecular complexity index is 1260. The smallest absolute Gasteiger partial charge is 0.338 e. The number of hydrogen-bond acceptors (Lipinski definition) is 10. The van der Waals surface area contributed by atoms with Gasteiger partial charge >= 0.3 is 18.0 Å². The Balaban J connectivity index is 1.83. The molecule has 0 unspecified atom stereocenters. The van der Waals surface area contributed by atoms with Crippen molar-refractivity contribution < 1.29 is 41.4 Å². The van der Waals surface area contributed by atoms with E-state index in [2.05, 4.69) is 15.4 Å². The number of sulfonamides is 1. The molecule has 1 aromatic carbocycles. The van der Waals surface area contributed by atoms with Gasteiger partial charge in [0.2, 0.25) is 10.0 Å². The van der Waals surface area contributed by atoms with E-state index in [0.717, 1.165) is 0 Å². The van der Waals surface area contributed by atoms with E-state index in [-0.39, 0.29) is 35.0 Å². The minimum atomic E-state index is -4.08. The van der Waals surface area contributed by atoms with Gasteiger partial charge in [-0.15, -0.1) is 0 Å². The Kier molecular flexibility index (Phi) is 10.2. The third kappa shape index (κ3) is 7.30.